The van der Waals surface area contributed by atoms with Crippen LogP contribution in [0.4, 0.5) is 0 Å². The van der Waals surface area contributed by atoms with Gasteiger partial charge < -0.3 is 5.73 Å². The van der Waals surface area contributed by atoms with Crippen molar-refractivity contribution >= 4 is 0 Å². The molecule has 2 N–H and O–H groups in total. The van der Waals surface area contributed by atoms with Gasteiger partial charge in [-0.3, -0.25) is 4.90 Å². The Labute approximate surface area is 124 Å². The highest BCUT2D eigenvalue weighted by molar-refractivity contribution is 5.40. The average Bonchev–Trinajstić information content (AvgIpc) is 2.39. The Morgan fingerprint density at radius 1 is 1.05 bits per heavy atom. The summed E-state index contributed by atoms with van der Waals surface area (Å²) in [5, 5.41) is 0. The summed E-state index contributed by atoms with van der Waals surface area (Å²) in [6.45, 7) is 12.2. The predicted molar refractivity (Wildman–Crippen MR) is 87.3 cm³/mol. The van der Waals surface area contributed by atoms with Crippen LogP contribution in [0.2, 0.25) is 0 Å². The molecule has 1 aromatic carbocycles. The van der Waals surface area contributed by atoms with Gasteiger partial charge in [-0.05, 0) is 69.3 Å². The Morgan fingerprint density at radius 2 is 1.60 bits per heavy atom. The molecule has 1 saturated heterocycles. The van der Waals surface area contributed by atoms with Gasteiger partial charge in [0.15, 0.2) is 0 Å². The number of benzene rings is 1. The molecule has 2 nitrogen and oxygen atoms in total. The summed E-state index contributed by atoms with van der Waals surface area (Å²) in [6, 6.07) is 5.10. The van der Waals surface area contributed by atoms with Crippen LogP contribution in [-0.4, -0.2) is 30.6 Å². The third kappa shape index (κ3) is 3.24. The fourth-order valence-corrected chi connectivity index (χ4v) is 4.02. The first kappa shape index (κ1) is 15.5. The van der Waals surface area contributed by atoms with Crippen LogP contribution < -0.4 is 5.73 Å². The number of aryl methyl sites for hydroxylation is 3. The van der Waals surface area contributed by atoms with E-state index in [9.17, 15) is 0 Å². The molecular formula is C18H30N2. The highest BCUT2D eigenvalue weighted by Gasteiger charge is 2.27. The summed E-state index contributed by atoms with van der Waals surface area (Å²) >= 11 is 0. The molecule has 0 saturated carbocycles. The first-order valence-corrected chi connectivity index (χ1v) is 8.06. The van der Waals surface area contributed by atoms with Gasteiger partial charge >= 0.3 is 0 Å². The van der Waals surface area contributed by atoms with E-state index >= 15 is 0 Å². The summed E-state index contributed by atoms with van der Waals surface area (Å²) < 4.78 is 0. The highest BCUT2D eigenvalue weighted by atomic mass is 15.2. The number of nitrogens with two attached hydrogens (primary N) is 1. The molecule has 20 heavy (non-hydrogen) atoms. The molecule has 2 atom stereocenters. The third-order valence-corrected chi connectivity index (χ3v) is 4.87. The van der Waals surface area contributed by atoms with Crippen molar-refractivity contribution in [3.8, 4) is 0 Å². The molecule has 2 rings (SSSR count). The van der Waals surface area contributed by atoms with Crippen LogP contribution in [0.3, 0.4) is 0 Å². The fraction of sp³-hybridized carbons (Fsp3) is 0.667. The molecule has 0 radical (unpaired) electrons. The molecule has 1 aliphatic rings. The smallest absolute Gasteiger partial charge is 0.0284 e. The molecule has 0 aliphatic carbocycles. The molecule has 1 fully saturated rings. The molecular weight excluding hydrogens is 244 g/mol. The van der Waals surface area contributed by atoms with Crippen molar-refractivity contribution < 1.29 is 0 Å². The number of hydrogen-bond acceptors (Lipinski definition) is 2. The van der Waals surface area contributed by atoms with E-state index < -0.39 is 0 Å². The van der Waals surface area contributed by atoms with Crippen LogP contribution in [0.25, 0.3) is 0 Å². The van der Waals surface area contributed by atoms with Crippen molar-refractivity contribution in [2.75, 3.05) is 19.6 Å². The normalized spacial score (nSPS) is 19.9. The number of rotatable bonds is 4. The van der Waals surface area contributed by atoms with E-state index in [-0.39, 0.29) is 0 Å². The molecule has 1 aromatic rings. The van der Waals surface area contributed by atoms with Gasteiger partial charge in [0.2, 0.25) is 0 Å². The molecule has 112 valence electrons. The van der Waals surface area contributed by atoms with Crippen molar-refractivity contribution in [1.82, 2.24) is 4.90 Å². The molecule has 0 bridgehead atoms. The fourth-order valence-electron chi connectivity index (χ4n) is 4.02. The number of hydrogen-bond donors (Lipinski definition) is 1. The monoisotopic (exact) mass is 274 g/mol. The minimum atomic E-state index is 0.482. The van der Waals surface area contributed by atoms with Crippen LogP contribution in [0, 0.1) is 20.8 Å². The second-order valence-corrected chi connectivity index (χ2v) is 6.50. The predicted octanol–water partition coefficient (Wildman–Crippen LogP) is 3.53. The van der Waals surface area contributed by atoms with E-state index in [1.54, 1.807) is 0 Å². The zero-order valence-corrected chi connectivity index (χ0v) is 13.6. The summed E-state index contributed by atoms with van der Waals surface area (Å²) in [4.78, 5) is 2.62. The molecule has 1 heterocycles. The van der Waals surface area contributed by atoms with E-state index in [0.29, 0.717) is 12.0 Å². The van der Waals surface area contributed by atoms with Crippen LogP contribution in [-0.2, 0) is 0 Å². The molecule has 2 unspecified atom stereocenters. The third-order valence-electron chi connectivity index (χ3n) is 4.87. The summed E-state index contributed by atoms with van der Waals surface area (Å²) in [6.07, 6.45) is 4.04. The zero-order valence-electron chi connectivity index (χ0n) is 13.6. The van der Waals surface area contributed by atoms with Crippen LogP contribution in [0.15, 0.2) is 12.1 Å². The second-order valence-electron chi connectivity index (χ2n) is 6.50. The Balaban J connectivity index is 2.26. The lowest BCUT2D eigenvalue weighted by Gasteiger charge is -2.38. The van der Waals surface area contributed by atoms with Gasteiger partial charge in [-0.25, -0.2) is 0 Å². The lowest BCUT2D eigenvalue weighted by molar-refractivity contribution is 0.149. The lowest BCUT2D eigenvalue weighted by Crippen LogP contribution is -2.46. The van der Waals surface area contributed by atoms with Crippen molar-refractivity contribution in [2.24, 2.45) is 5.73 Å². The second kappa shape index (κ2) is 6.73. The lowest BCUT2D eigenvalue weighted by atomic mass is 9.84. The molecule has 1 aliphatic heterocycles. The molecule has 0 spiro atoms. The Bertz CT molecular complexity index is 424. The van der Waals surface area contributed by atoms with Crippen LogP contribution in [0.5, 0.6) is 0 Å². The molecule has 0 amide bonds. The summed E-state index contributed by atoms with van der Waals surface area (Å²) in [5.41, 5.74) is 11.8. The standard InChI is InChI=1S/C18H30N2/c1-13-10-14(2)18(15(3)11-13)16(4)17(12-19)20-8-6-5-7-9-20/h10-11,16-17H,5-9,12,19H2,1-4H3. The first-order chi connectivity index (χ1) is 9.54. The summed E-state index contributed by atoms with van der Waals surface area (Å²) in [5.74, 6) is 0.513. The average molecular weight is 274 g/mol. The quantitative estimate of drug-likeness (QED) is 0.910. The van der Waals surface area contributed by atoms with E-state index in [2.05, 4.69) is 44.7 Å². The minimum Gasteiger partial charge on any atom is -0.329 e. The largest absolute Gasteiger partial charge is 0.329 e. The zero-order chi connectivity index (χ0) is 14.7. The Kier molecular flexibility index (Phi) is 5.22. The van der Waals surface area contributed by atoms with Crippen molar-refractivity contribution in [2.45, 2.75) is 58.9 Å². The van der Waals surface area contributed by atoms with Gasteiger partial charge in [0, 0.05) is 12.6 Å². The van der Waals surface area contributed by atoms with E-state index in [1.807, 2.05) is 0 Å². The maximum absolute atomic E-state index is 6.13. The van der Waals surface area contributed by atoms with Crippen molar-refractivity contribution in [3.05, 3.63) is 34.4 Å². The van der Waals surface area contributed by atoms with Gasteiger partial charge in [-0.1, -0.05) is 31.0 Å². The topological polar surface area (TPSA) is 29.3 Å². The number of piperidine rings is 1. The highest BCUT2D eigenvalue weighted by Crippen LogP contribution is 2.30. The summed E-state index contributed by atoms with van der Waals surface area (Å²) in [7, 11) is 0. The SMILES string of the molecule is Cc1cc(C)c(C(C)C(CN)N2CCCCC2)c(C)c1. The maximum atomic E-state index is 6.13. The van der Waals surface area contributed by atoms with Gasteiger partial charge in [0.05, 0.1) is 0 Å². The first-order valence-electron chi connectivity index (χ1n) is 8.06. The van der Waals surface area contributed by atoms with Gasteiger partial charge in [0.25, 0.3) is 0 Å². The van der Waals surface area contributed by atoms with Crippen molar-refractivity contribution in [3.63, 3.8) is 0 Å². The number of nitrogens with zero attached hydrogens (tertiary/aromatic N) is 1. The number of likely N-dealkylation sites (tertiary alicyclic amines) is 1. The van der Waals surface area contributed by atoms with Crippen LogP contribution in [0.1, 0.15) is 54.4 Å². The van der Waals surface area contributed by atoms with E-state index in [4.69, 9.17) is 5.73 Å². The van der Waals surface area contributed by atoms with Gasteiger partial charge in [-0.15, -0.1) is 0 Å². The minimum absolute atomic E-state index is 0.482. The van der Waals surface area contributed by atoms with Gasteiger partial charge in [-0.2, -0.15) is 0 Å². The molecule has 0 aromatic heterocycles. The van der Waals surface area contributed by atoms with Gasteiger partial charge in [0.1, 0.15) is 0 Å². The Hall–Kier alpha value is -0.860. The van der Waals surface area contributed by atoms with Crippen molar-refractivity contribution in [1.29, 1.82) is 0 Å². The molecule has 2 heteroatoms. The van der Waals surface area contributed by atoms with E-state index in [0.717, 1.165) is 6.54 Å². The van der Waals surface area contributed by atoms with Crippen LogP contribution >= 0.6 is 0 Å². The maximum Gasteiger partial charge on any atom is 0.0284 e. The van der Waals surface area contributed by atoms with E-state index in [1.165, 1.54) is 54.6 Å². The Morgan fingerprint density at radius 3 is 2.10 bits per heavy atom.